The molecule has 3 heterocycles. The molecule has 8 nitrogen and oxygen atoms in total. The first-order valence-corrected chi connectivity index (χ1v) is 7.41. The average Bonchev–Trinajstić information content (AvgIpc) is 3.23. The Kier molecular flexibility index (Phi) is 4.31. The molecule has 23 heavy (non-hydrogen) atoms. The van der Waals surface area contributed by atoms with E-state index in [0.717, 1.165) is 12.8 Å². The second-order valence-corrected chi connectivity index (χ2v) is 5.34. The Morgan fingerprint density at radius 2 is 2.35 bits per heavy atom. The van der Waals surface area contributed by atoms with Gasteiger partial charge < -0.3 is 14.6 Å². The molecule has 1 N–H and O–H groups in total. The zero-order chi connectivity index (χ0) is 16.2. The molecule has 0 bridgehead atoms. The van der Waals surface area contributed by atoms with Crippen LogP contribution in [-0.2, 0) is 11.3 Å². The second-order valence-electron chi connectivity index (χ2n) is 5.34. The van der Waals surface area contributed by atoms with Gasteiger partial charge in [-0.25, -0.2) is 15.0 Å². The van der Waals surface area contributed by atoms with Gasteiger partial charge in [-0.05, 0) is 18.9 Å². The molecule has 0 spiro atoms. The first-order valence-electron chi connectivity index (χ1n) is 7.41. The fraction of sp³-hybridized carbons (Fsp3) is 0.400. The molecule has 0 aromatic carbocycles. The molecular weight excluding hydrogens is 298 g/mol. The minimum Gasteiger partial charge on any atom is -0.438 e. The van der Waals surface area contributed by atoms with E-state index in [4.69, 9.17) is 4.42 Å². The monoisotopic (exact) mass is 315 g/mol. The van der Waals surface area contributed by atoms with Gasteiger partial charge in [-0.2, -0.15) is 0 Å². The van der Waals surface area contributed by atoms with Gasteiger partial charge in [0.15, 0.2) is 12.2 Å². The Hall–Kier alpha value is -2.77. The number of hydrogen-bond donors (Lipinski definition) is 1. The summed E-state index contributed by atoms with van der Waals surface area (Å²) in [5.74, 6) is 0.471. The number of hydrogen-bond acceptors (Lipinski definition) is 6. The molecule has 3 rings (SSSR count). The summed E-state index contributed by atoms with van der Waals surface area (Å²) >= 11 is 0. The van der Waals surface area contributed by atoms with E-state index in [1.807, 2.05) is 0 Å². The van der Waals surface area contributed by atoms with E-state index >= 15 is 0 Å². The molecule has 120 valence electrons. The zero-order valence-electron chi connectivity index (χ0n) is 12.7. The minimum atomic E-state index is -0.208. The number of rotatable bonds is 4. The van der Waals surface area contributed by atoms with Gasteiger partial charge in [0.05, 0.1) is 24.5 Å². The summed E-state index contributed by atoms with van der Waals surface area (Å²) in [6.45, 7) is 2.42. The van der Waals surface area contributed by atoms with Gasteiger partial charge in [-0.1, -0.05) is 0 Å². The topological polar surface area (TPSA) is 101 Å². The van der Waals surface area contributed by atoms with Crippen molar-refractivity contribution in [3.8, 4) is 0 Å². The van der Waals surface area contributed by atoms with Crippen molar-refractivity contribution >= 4 is 11.8 Å². The molecule has 1 aliphatic rings. The molecule has 2 aromatic rings. The summed E-state index contributed by atoms with van der Waals surface area (Å²) in [5, 5.41) is 2.70. The van der Waals surface area contributed by atoms with Gasteiger partial charge in [0.1, 0.15) is 0 Å². The fourth-order valence-electron chi connectivity index (χ4n) is 2.63. The van der Waals surface area contributed by atoms with Crippen molar-refractivity contribution in [2.24, 2.45) is 0 Å². The van der Waals surface area contributed by atoms with E-state index < -0.39 is 0 Å². The molecule has 2 amide bonds. The SMILES string of the molecule is CC(=O)NCc1ccnc(C2CCCN2C(=O)c2cnco2)n1. The number of amides is 2. The highest BCUT2D eigenvalue weighted by Crippen LogP contribution is 2.31. The summed E-state index contributed by atoms with van der Waals surface area (Å²) in [7, 11) is 0. The molecule has 1 atom stereocenters. The van der Waals surface area contributed by atoms with E-state index in [1.165, 1.54) is 19.5 Å². The van der Waals surface area contributed by atoms with Crippen LogP contribution in [0.4, 0.5) is 0 Å². The lowest BCUT2D eigenvalue weighted by Gasteiger charge is -2.22. The third-order valence-electron chi connectivity index (χ3n) is 3.71. The van der Waals surface area contributed by atoms with Gasteiger partial charge in [0.25, 0.3) is 5.91 Å². The van der Waals surface area contributed by atoms with Crippen molar-refractivity contribution in [1.29, 1.82) is 0 Å². The quantitative estimate of drug-likeness (QED) is 0.906. The van der Waals surface area contributed by atoms with Crippen molar-refractivity contribution in [1.82, 2.24) is 25.2 Å². The Balaban J connectivity index is 1.78. The second kappa shape index (κ2) is 6.55. The van der Waals surface area contributed by atoms with Crippen LogP contribution in [0.25, 0.3) is 0 Å². The predicted octanol–water partition coefficient (Wildman–Crippen LogP) is 1.08. The lowest BCUT2D eigenvalue weighted by molar-refractivity contribution is -0.119. The van der Waals surface area contributed by atoms with Gasteiger partial charge in [-0.3, -0.25) is 9.59 Å². The van der Waals surface area contributed by atoms with Gasteiger partial charge in [0, 0.05) is 19.7 Å². The average molecular weight is 315 g/mol. The highest BCUT2D eigenvalue weighted by atomic mass is 16.3. The zero-order valence-corrected chi connectivity index (χ0v) is 12.7. The van der Waals surface area contributed by atoms with Crippen LogP contribution >= 0.6 is 0 Å². The standard InChI is InChI=1S/C15H17N5O3/c1-10(21)18-7-11-4-5-17-14(19-11)12-3-2-6-20(12)15(22)13-8-16-9-23-13/h4-5,8-9,12H,2-3,6-7H2,1H3,(H,18,21). The lowest BCUT2D eigenvalue weighted by Crippen LogP contribution is -2.31. The normalized spacial score (nSPS) is 17.3. The van der Waals surface area contributed by atoms with E-state index in [2.05, 4.69) is 20.3 Å². The molecular formula is C15H17N5O3. The van der Waals surface area contributed by atoms with Crippen LogP contribution in [0.1, 0.15) is 47.9 Å². The van der Waals surface area contributed by atoms with Crippen LogP contribution in [-0.4, -0.2) is 38.2 Å². The van der Waals surface area contributed by atoms with E-state index in [-0.39, 0.29) is 23.6 Å². The summed E-state index contributed by atoms with van der Waals surface area (Å²) in [6, 6.07) is 1.56. The Labute approximate surface area is 132 Å². The number of carbonyl (C=O) groups excluding carboxylic acids is 2. The number of nitrogens with zero attached hydrogens (tertiary/aromatic N) is 4. The smallest absolute Gasteiger partial charge is 0.291 e. The molecule has 1 fully saturated rings. The van der Waals surface area contributed by atoms with Crippen molar-refractivity contribution in [3.05, 3.63) is 42.1 Å². The Bertz CT molecular complexity index is 701. The maximum Gasteiger partial charge on any atom is 0.291 e. The Morgan fingerprint density at radius 3 is 3.09 bits per heavy atom. The molecule has 1 aliphatic heterocycles. The summed E-state index contributed by atoms with van der Waals surface area (Å²) < 4.78 is 5.09. The number of likely N-dealkylation sites (tertiary alicyclic amines) is 1. The van der Waals surface area contributed by atoms with Crippen LogP contribution in [0.5, 0.6) is 0 Å². The van der Waals surface area contributed by atoms with Crippen LogP contribution in [0, 0.1) is 0 Å². The maximum atomic E-state index is 12.5. The highest BCUT2D eigenvalue weighted by Gasteiger charge is 2.33. The molecule has 2 aromatic heterocycles. The predicted molar refractivity (Wildman–Crippen MR) is 79.1 cm³/mol. The molecule has 0 radical (unpaired) electrons. The number of nitrogens with one attached hydrogen (secondary N) is 1. The van der Waals surface area contributed by atoms with Gasteiger partial charge in [-0.15, -0.1) is 0 Å². The number of carbonyl (C=O) groups is 2. The number of oxazole rings is 1. The summed E-state index contributed by atoms with van der Waals surface area (Å²) in [6.07, 6.45) is 5.97. The minimum absolute atomic E-state index is 0.117. The van der Waals surface area contributed by atoms with Gasteiger partial charge in [0.2, 0.25) is 11.7 Å². The van der Waals surface area contributed by atoms with Crippen molar-refractivity contribution in [2.75, 3.05) is 6.54 Å². The third kappa shape index (κ3) is 3.36. The van der Waals surface area contributed by atoms with Crippen LogP contribution in [0.15, 0.2) is 29.3 Å². The lowest BCUT2D eigenvalue weighted by atomic mass is 10.2. The molecule has 0 aliphatic carbocycles. The summed E-state index contributed by atoms with van der Waals surface area (Å²) in [4.78, 5) is 37.7. The molecule has 1 unspecified atom stereocenters. The van der Waals surface area contributed by atoms with Crippen molar-refractivity contribution < 1.29 is 14.0 Å². The molecule has 0 saturated carbocycles. The van der Waals surface area contributed by atoms with Crippen LogP contribution in [0.2, 0.25) is 0 Å². The largest absolute Gasteiger partial charge is 0.438 e. The van der Waals surface area contributed by atoms with E-state index in [0.29, 0.717) is 24.6 Å². The molecule has 8 heteroatoms. The third-order valence-corrected chi connectivity index (χ3v) is 3.71. The number of aromatic nitrogens is 3. The highest BCUT2D eigenvalue weighted by molar-refractivity contribution is 5.91. The summed E-state index contributed by atoms with van der Waals surface area (Å²) in [5.41, 5.74) is 0.712. The first kappa shape index (κ1) is 15.1. The van der Waals surface area contributed by atoms with Crippen LogP contribution < -0.4 is 5.32 Å². The maximum absolute atomic E-state index is 12.5. The van der Waals surface area contributed by atoms with Gasteiger partial charge >= 0.3 is 0 Å². The molecule has 1 saturated heterocycles. The van der Waals surface area contributed by atoms with Crippen LogP contribution in [0.3, 0.4) is 0 Å². The first-order chi connectivity index (χ1) is 11.1. The van der Waals surface area contributed by atoms with E-state index in [9.17, 15) is 9.59 Å². The Morgan fingerprint density at radius 1 is 1.48 bits per heavy atom. The van der Waals surface area contributed by atoms with Crippen molar-refractivity contribution in [3.63, 3.8) is 0 Å². The van der Waals surface area contributed by atoms with E-state index in [1.54, 1.807) is 17.2 Å². The van der Waals surface area contributed by atoms with Crippen molar-refractivity contribution in [2.45, 2.75) is 32.4 Å². The fourth-order valence-corrected chi connectivity index (χ4v) is 2.63.